The summed E-state index contributed by atoms with van der Waals surface area (Å²) in [5.41, 5.74) is 0. The summed E-state index contributed by atoms with van der Waals surface area (Å²) < 4.78 is 34.7. The number of nitrogens with zero attached hydrogens (tertiary/aromatic N) is 1. The van der Waals surface area contributed by atoms with Gasteiger partial charge in [-0.05, 0) is 31.0 Å². The lowest BCUT2D eigenvalue weighted by atomic mass is 10.2. The van der Waals surface area contributed by atoms with Gasteiger partial charge in [-0.1, -0.05) is 13.3 Å². The number of sulfone groups is 1. The van der Waals surface area contributed by atoms with Crippen molar-refractivity contribution >= 4 is 27.5 Å². The van der Waals surface area contributed by atoms with Crippen LogP contribution in [0.5, 0.6) is 11.5 Å². The second kappa shape index (κ2) is 8.52. The van der Waals surface area contributed by atoms with Gasteiger partial charge in [0.05, 0.1) is 17.3 Å². The van der Waals surface area contributed by atoms with Crippen LogP contribution in [0, 0.1) is 0 Å². The minimum absolute atomic E-state index is 0.000407. The second-order valence-electron chi connectivity index (χ2n) is 6.59. The van der Waals surface area contributed by atoms with Crippen LogP contribution in [-0.4, -0.2) is 62.3 Å². The molecule has 0 aliphatic carbocycles. The molecule has 1 amide bonds. The predicted molar refractivity (Wildman–Crippen MR) is 102 cm³/mol. The number of hydrogen-bond acceptors (Lipinski definition) is 6. The van der Waals surface area contributed by atoms with Gasteiger partial charge in [-0.25, -0.2) is 8.42 Å². The molecule has 2 aliphatic heterocycles. The predicted octanol–water partition coefficient (Wildman–Crippen LogP) is 2.37. The van der Waals surface area contributed by atoms with Crippen LogP contribution in [0.15, 0.2) is 23.1 Å². The molecule has 2 heterocycles. The molecule has 0 bridgehead atoms. The van der Waals surface area contributed by atoms with Crippen LogP contribution in [0.2, 0.25) is 0 Å². The first-order valence-electron chi connectivity index (χ1n) is 9.01. The molecule has 26 heavy (non-hydrogen) atoms. The molecule has 1 fully saturated rings. The smallest absolute Gasteiger partial charge is 0.233 e. The van der Waals surface area contributed by atoms with Crippen molar-refractivity contribution in [3.05, 3.63) is 18.2 Å². The molecule has 0 aromatic heterocycles. The number of unbranched alkanes of at least 4 members (excludes halogenated alkanes) is 1. The maximum atomic E-state index is 12.8. The maximum Gasteiger partial charge on any atom is 0.233 e. The van der Waals surface area contributed by atoms with E-state index in [0.29, 0.717) is 37.7 Å². The van der Waals surface area contributed by atoms with Gasteiger partial charge < -0.3 is 14.4 Å². The van der Waals surface area contributed by atoms with E-state index in [1.165, 1.54) is 11.8 Å². The van der Waals surface area contributed by atoms with Crippen LogP contribution < -0.4 is 9.47 Å². The van der Waals surface area contributed by atoms with Crippen molar-refractivity contribution in [2.45, 2.75) is 37.1 Å². The van der Waals surface area contributed by atoms with Crippen molar-refractivity contribution in [1.29, 1.82) is 0 Å². The first-order chi connectivity index (χ1) is 12.5. The molecule has 0 spiro atoms. The number of fused-ring (bicyclic) bond motifs is 1. The number of carbonyl (C=O) groups is 1. The van der Waals surface area contributed by atoms with Gasteiger partial charge in [0.1, 0.15) is 13.2 Å². The highest BCUT2D eigenvalue weighted by molar-refractivity contribution is 8.00. The summed E-state index contributed by atoms with van der Waals surface area (Å²) in [6.07, 6.45) is 2.40. The van der Waals surface area contributed by atoms with E-state index in [1.807, 2.05) is 18.2 Å². The van der Waals surface area contributed by atoms with Gasteiger partial charge in [0.25, 0.3) is 0 Å². The van der Waals surface area contributed by atoms with E-state index in [0.717, 1.165) is 23.5 Å². The highest BCUT2D eigenvalue weighted by Crippen LogP contribution is 2.34. The van der Waals surface area contributed by atoms with Crippen molar-refractivity contribution in [3.63, 3.8) is 0 Å². The Morgan fingerprint density at radius 2 is 2.04 bits per heavy atom. The van der Waals surface area contributed by atoms with E-state index in [1.54, 1.807) is 4.90 Å². The molecule has 1 aromatic rings. The molecule has 0 radical (unpaired) electrons. The van der Waals surface area contributed by atoms with E-state index < -0.39 is 9.84 Å². The Labute approximate surface area is 159 Å². The van der Waals surface area contributed by atoms with E-state index in [2.05, 4.69) is 6.92 Å². The van der Waals surface area contributed by atoms with Gasteiger partial charge in [-0.3, -0.25) is 4.79 Å². The van der Waals surface area contributed by atoms with Crippen molar-refractivity contribution in [1.82, 2.24) is 4.90 Å². The molecule has 1 saturated heterocycles. The number of carbonyl (C=O) groups excluding carboxylic acids is 1. The number of amides is 1. The van der Waals surface area contributed by atoms with Gasteiger partial charge in [-0.15, -0.1) is 11.8 Å². The molecule has 1 aromatic carbocycles. The zero-order valence-electron chi connectivity index (χ0n) is 15.0. The summed E-state index contributed by atoms with van der Waals surface area (Å²) in [5, 5.41) is 0. The fourth-order valence-corrected chi connectivity index (χ4v) is 5.74. The molecule has 1 unspecified atom stereocenters. The molecule has 3 rings (SSSR count). The van der Waals surface area contributed by atoms with Crippen molar-refractivity contribution in [2.75, 3.05) is 37.0 Å². The zero-order valence-corrected chi connectivity index (χ0v) is 16.6. The average molecular weight is 400 g/mol. The molecular formula is C18H25NO5S2. The van der Waals surface area contributed by atoms with Crippen LogP contribution in [-0.2, 0) is 14.6 Å². The van der Waals surface area contributed by atoms with E-state index >= 15 is 0 Å². The average Bonchev–Trinajstić information content (AvgIpc) is 2.99. The SMILES string of the molecule is CCCCN(C(=O)CSc1ccc2c(c1)OCCO2)C1CCS(=O)(=O)C1. The van der Waals surface area contributed by atoms with Gasteiger partial charge >= 0.3 is 0 Å². The quantitative estimate of drug-likeness (QED) is 0.656. The summed E-state index contributed by atoms with van der Waals surface area (Å²) in [5.74, 6) is 2.01. The molecule has 6 nitrogen and oxygen atoms in total. The Hall–Kier alpha value is -1.41. The van der Waals surface area contributed by atoms with Crippen molar-refractivity contribution < 1.29 is 22.7 Å². The van der Waals surface area contributed by atoms with Gasteiger partial charge in [0.15, 0.2) is 21.3 Å². The third-order valence-electron chi connectivity index (χ3n) is 4.60. The summed E-state index contributed by atoms with van der Waals surface area (Å²) in [7, 11) is -3.01. The summed E-state index contributed by atoms with van der Waals surface area (Å²) in [6, 6.07) is 5.49. The van der Waals surface area contributed by atoms with Crippen LogP contribution in [0.3, 0.4) is 0 Å². The summed E-state index contributed by atoms with van der Waals surface area (Å²) in [6.45, 7) is 3.77. The molecule has 8 heteroatoms. The van der Waals surface area contributed by atoms with E-state index in [-0.39, 0.29) is 23.5 Å². The zero-order chi connectivity index (χ0) is 18.6. The number of benzene rings is 1. The monoisotopic (exact) mass is 399 g/mol. The lowest BCUT2D eigenvalue weighted by Crippen LogP contribution is -2.42. The number of ether oxygens (including phenoxy) is 2. The fraction of sp³-hybridized carbons (Fsp3) is 0.611. The second-order valence-corrected chi connectivity index (χ2v) is 9.87. The molecule has 1 atom stereocenters. The van der Waals surface area contributed by atoms with Crippen LogP contribution >= 0.6 is 11.8 Å². The highest BCUT2D eigenvalue weighted by Gasteiger charge is 2.34. The topological polar surface area (TPSA) is 72.9 Å². The van der Waals surface area contributed by atoms with Gasteiger partial charge in [-0.2, -0.15) is 0 Å². The van der Waals surface area contributed by atoms with Crippen LogP contribution in [0.1, 0.15) is 26.2 Å². The molecule has 0 N–H and O–H groups in total. The summed E-state index contributed by atoms with van der Waals surface area (Å²) >= 11 is 1.45. The first-order valence-corrected chi connectivity index (χ1v) is 11.8. The normalized spacial score (nSPS) is 20.7. The van der Waals surface area contributed by atoms with Crippen molar-refractivity contribution in [2.24, 2.45) is 0 Å². The number of hydrogen-bond donors (Lipinski definition) is 0. The molecular weight excluding hydrogens is 374 g/mol. The molecule has 0 saturated carbocycles. The minimum atomic E-state index is -3.01. The third-order valence-corrected chi connectivity index (χ3v) is 7.33. The Balaban J connectivity index is 1.62. The van der Waals surface area contributed by atoms with E-state index in [9.17, 15) is 13.2 Å². The largest absolute Gasteiger partial charge is 0.486 e. The third kappa shape index (κ3) is 4.85. The minimum Gasteiger partial charge on any atom is -0.486 e. The molecule has 2 aliphatic rings. The van der Waals surface area contributed by atoms with E-state index in [4.69, 9.17) is 9.47 Å². The Morgan fingerprint density at radius 3 is 2.73 bits per heavy atom. The summed E-state index contributed by atoms with van der Waals surface area (Å²) in [4.78, 5) is 15.5. The first kappa shape index (κ1) is 19.4. The fourth-order valence-electron chi connectivity index (χ4n) is 3.20. The Bertz CT molecular complexity index is 750. The van der Waals surface area contributed by atoms with Gasteiger partial charge in [0, 0.05) is 17.5 Å². The number of thioether (sulfide) groups is 1. The highest BCUT2D eigenvalue weighted by atomic mass is 32.2. The Kier molecular flexibility index (Phi) is 6.34. The van der Waals surface area contributed by atoms with Crippen LogP contribution in [0.25, 0.3) is 0 Å². The van der Waals surface area contributed by atoms with Gasteiger partial charge in [0.2, 0.25) is 5.91 Å². The standard InChI is InChI=1S/C18H25NO5S2/c1-2-3-7-19(14-6-10-26(21,22)13-14)18(20)12-25-15-4-5-16-17(11-15)24-9-8-23-16/h4-5,11,14H,2-3,6-10,12-13H2,1H3. The lowest BCUT2D eigenvalue weighted by Gasteiger charge is -2.28. The van der Waals surface area contributed by atoms with Crippen LogP contribution in [0.4, 0.5) is 0 Å². The van der Waals surface area contributed by atoms with Crippen molar-refractivity contribution in [3.8, 4) is 11.5 Å². The lowest BCUT2D eigenvalue weighted by molar-refractivity contribution is -0.130. The molecule has 144 valence electrons. The maximum absolute atomic E-state index is 12.8. The number of rotatable bonds is 7. The Morgan fingerprint density at radius 1 is 1.27 bits per heavy atom.